The van der Waals surface area contributed by atoms with Crippen molar-refractivity contribution in [3.8, 4) is 5.69 Å². The summed E-state index contributed by atoms with van der Waals surface area (Å²) < 4.78 is 8.13. The Morgan fingerprint density at radius 3 is 2.38 bits per heavy atom. The Morgan fingerprint density at radius 2 is 1.69 bits per heavy atom. The third-order valence-corrected chi connectivity index (χ3v) is 10.9. The number of aromatic nitrogens is 2. The van der Waals surface area contributed by atoms with Crippen molar-refractivity contribution in [3.05, 3.63) is 94.3 Å². The number of carbonyl (C=O) groups is 1. The lowest BCUT2D eigenvalue weighted by Crippen LogP contribution is -2.46. The van der Waals surface area contributed by atoms with Gasteiger partial charge in [-0.25, -0.2) is 4.68 Å². The van der Waals surface area contributed by atoms with Crippen LogP contribution >= 0.6 is 0 Å². The molecule has 1 amide bonds. The number of anilines is 1. The van der Waals surface area contributed by atoms with Crippen LogP contribution in [0.4, 0.5) is 5.69 Å². The van der Waals surface area contributed by atoms with Crippen LogP contribution in [-0.2, 0) is 21.7 Å². The Hall–Kier alpha value is -3.50. The number of ether oxygens (including phenoxy) is 1. The average molecular weight is 544 g/mol. The van der Waals surface area contributed by atoms with Gasteiger partial charge in [0, 0.05) is 23.6 Å². The number of aliphatic hydroxyl groups excluding tert-OH is 1. The maximum atomic E-state index is 14.3. The van der Waals surface area contributed by atoms with Crippen LogP contribution in [0, 0.1) is 5.92 Å². The minimum absolute atomic E-state index is 0.0696. The van der Waals surface area contributed by atoms with E-state index in [0.29, 0.717) is 24.0 Å². The van der Waals surface area contributed by atoms with Gasteiger partial charge in [-0.05, 0) is 55.4 Å². The highest BCUT2D eigenvalue weighted by Crippen LogP contribution is 2.59. The zero-order chi connectivity index (χ0) is 27.5. The first kappa shape index (κ1) is 25.8. The molecule has 6 rings (SSSR count). The Bertz CT molecular complexity index is 1610. The van der Waals surface area contributed by atoms with Crippen LogP contribution in [0.15, 0.2) is 77.6 Å². The molecule has 0 aliphatic carbocycles. The predicted octanol–water partition coefficient (Wildman–Crippen LogP) is 4.05. The number of hydrogen-bond acceptors (Lipinski definition) is 5. The number of aromatic amines is 1. The number of nitrogens with one attached hydrogen (secondary N) is 1. The normalized spacial score (nSPS) is 24.7. The van der Waals surface area contributed by atoms with Crippen molar-refractivity contribution >= 4 is 30.8 Å². The van der Waals surface area contributed by atoms with Gasteiger partial charge in [-0.3, -0.25) is 14.7 Å². The quantitative estimate of drug-likeness (QED) is 0.318. The summed E-state index contributed by atoms with van der Waals surface area (Å²) in [5, 5.41) is 13.5. The molecule has 1 fully saturated rings. The molecule has 202 valence electrons. The molecular formula is C30H33N3O5Si. The molecule has 3 heterocycles. The summed E-state index contributed by atoms with van der Waals surface area (Å²) in [7, 11) is -2.72. The number of carbonyl (C=O) groups excluding carboxylic acids is 1. The van der Waals surface area contributed by atoms with E-state index in [1.165, 1.54) is 4.68 Å². The molecular weight excluding hydrogens is 510 g/mol. The van der Waals surface area contributed by atoms with Crippen LogP contribution in [0.2, 0.25) is 18.6 Å². The lowest BCUT2D eigenvalue weighted by atomic mass is 9.82. The largest absolute Gasteiger partial charge is 0.432 e. The number of benzene rings is 3. The molecule has 1 saturated heterocycles. The monoisotopic (exact) mass is 543 g/mol. The number of amides is 1. The summed E-state index contributed by atoms with van der Waals surface area (Å²) in [6.45, 7) is 6.02. The van der Waals surface area contributed by atoms with Gasteiger partial charge in [0.15, 0.2) is 13.9 Å². The van der Waals surface area contributed by atoms with Gasteiger partial charge in [-0.2, -0.15) is 0 Å². The topological polar surface area (TPSA) is 108 Å². The van der Waals surface area contributed by atoms with E-state index in [-0.39, 0.29) is 29.5 Å². The Kier molecular flexibility index (Phi) is 6.15. The molecule has 2 aliphatic heterocycles. The predicted molar refractivity (Wildman–Crippen MR) is 152 cm³/mol. The molecule has 4 atom stereocenters. The fourth-order valence-corrected chi connectivity index (χ4v) is 9.36. The molecule has 1 aromatic heterocycles. The molecule has 0 unspecified atom stereocenters. The molecule has 3 N–H and O–H groups in total. The molecule has 3 aromatic carbocycles. The van der Waals surface area contributed by atoms with E-state index in [2.05, 4.69) is 5.10 Å². The minimum Gasteiger partial charge on any atom is -0.432 e. The average Bonchev–Trinajstić information content (AvgIpc) is 3.49. The number of H-pyrrole nitrogens is 1. The number of para-hydroxylation sites is 2. The summed E-state index contributed by atoms with van der Waals surface area (Å²) in [6.07, 6.45) is -0.0276. The van der Waals surface area contributed by atoms with Crippen LogP contribution in [0.3, 0.4) is 0 Å². The van der Waals surface area contributed by atoms with Crippen LogP contribution in [0.1, 0.15) is 24.5 Å². The highest BCUT2D eigenvalue weighted by Gasteiger charge is 2.65. The van der Waals surface area contributed by atoms with Crippen LogP contribution in [-0.4, -0.2) is 46.6 Å². The first-order valence-corrected chi connectivity index (χ1v) is 16.4. The highest BCUT2D eigenvalue weighted by molar-refractivity contribution is 6.71. The highest BCUT2D eigenvalue weighted by atomic mass is 28.4. The maximum absolute atomic E-state index is 14.3. The number of nitrogens with zero attached hydrogens (tertiary/aromatic N) is 2. The third-order valence-electron chi connectivity index (χ3n) is 8.43. The summed E-state index contributed by atoms with van der Waals surface area (Å²) >= 11 is 0. The SMILES string of the molecule is C[C@H]1[C@H]([Si](C)(C)O)[C@@H](CCO)O[C@]12C(=O)N(Cc1ccc(-n3[nH]c4ccccc4c3=O)cc1)c1ccccc12. The third kappa shape index (κ3) is 3.91. The van der Waals surface area contributed by atoms with E-state index in [9.17, 15) is 19.5 Å². The Balaban J connectivity index is 1.34. The lowest BCUT2D eigenvalue weighted by Gasteiger charge is -2.32. The van der Waals surface area contributed by atoms with Gasteiger partial charge in [0.2, 0.25) is 0 Å². The molecule has 39 heavy (non-hydrogen) atoms. The van der Waals surface area contributed by atoms with E-state index >= 15 is 0 Å². The van der Waals surface area contributed by atoms with Crippen molar-refractivity contribution in [1.29, 1.82) is 0 Å². The van der Waals surface area contributed by atoms with Crippen molar-refractivity contribution in [2.75, 3.05) is 11.5 Å². The van der Waals surface area contributed by atoms with Crippen molar-refractivity contribution in [1.82, 2.24) is 9.78 Å². The molecule has 0 saturated carbocycles. The van der Waals surface area contributed by atoms with Crippen LogP contribution in [0.5, 0.6) is 0 Å². The van der Waals surface area contributed by atoms with Crippen LogP contribution in [0.25, 0.3) is 16.6 Å². The second kappa shape index (κ2) is 9.30. The zero-order valence-electron chi connectivity index (χ0n) is 22.3. The van der Waals surface area contributed by atoms with Gasteiger partial charge in [-0.15, -0.1) is 0 Å². The zero-order valence-corrected chi connectivity index (χ0v) is 23.3. The van der Waals surface area contributed by atoms with Gasteiger partial charge in [0.25, 0.3) is 11.5 Å². The first-order valence-electron chi connectivity index (χ1n) is 13.4. The van der Waals surface area contributed by atoms with Crippen molar-refractivity contribution in [2.45, 2.75) is 50.2 Å². The van der Waals surface area contributed by atoms with E-state index in [1.54, 1.807) is 11.0 Å². The maximum Gasteiger partial charge on any atom is 0.279 e. The number of fused-ring (bicyclic) bond motifs is 3. The second-order valence-electron chi connectivity index (χ2n) is 11.2. The number of rotatable bonds is 6. The van der Waals surface area contributed by atoms with E-state index in [1.807, 2.05) is 86.7 Å². The second-order valence-corrected chi connectivity index (χ2v) is 15.2. The Labute approximate surface area is 227 Å². The molecule has 0 radical (unpaired) electrons. The number of hydrogen-bond donors (Lipinski definition) is 3. The van der Waals surface area contributed by atoms with Gasteiger partial charge in [0.1, 0.15) is 0 Å². The number of aliphatic hydroxyl groups is 1. The first-order chi connectivity index (χ1) is 18.7. The lowest BCUT2D eigenvalue weighted by molar-refractivity contribution is -0.146. The fraction of sp³-hybridized carbons (Fsp3) is 0.333. The summed E-state index contributed by atoms with van der Waals surface area (Å²) in [4.78, 5) is 40.1. The van der Waals surface area contributed by atoms with Crippen molar-refractivity contribution in [2.24, 2.45) is 5.92 Å². The smallest absolute Gasteiger partial charge is 0.279 e. The summed E-state index contributed by atoms with van der Waals surface area (Å²) in [6, 6.07) is 22.7. The molecule has 9 heteroatoms. The van der Waals surface area contributed by atoms with Gasteiger partial charge in [0.05, 0.1) is 34.9 Å². The van der Waals surface area contributed by atoms with Crippen molar-refractivity contribution in [3.63, 3.8) is 0 Å². The fourth-order valence-electron chi connectivity index (χ4n) is 6.76. The summed E-state index contributed by atoms with van der Waals surface area (Å²) in [5.41, 5.74) is 2.49. The van der Waals surface area contributed by atoms with Crippen LogP contribution < -0.4 is 10.5 Å². The molecule has 2 aliphatic rings. The minimum atomic E-state index is -2.72. The van der Waals surface area contributed by atoms with Gasteiger partial charge in [-0.1, -0.05) is 49.4 Å². The standard InChI is InChI=1S/C30H33N3O5Si/c1-19-27(39(2,3)37)26(16-17-34)38-30(19)23-9-5-7-11-25(23)32(29(30)36)18-20-12-14-21(15-13-20)33-28(35)22-8-4-6-10-24(22)31-33/h4-15,19,26-27,31,34,37H,16-18H2,1-3H3/t19-,26+,27-,30+/m0/s1. The van der Waals surface area contributed by atoms with E-state index < -0.39 is 20.0 Å². The van der Waals surface area contributed by atoms with E-state index in [4.69, 9.17) is 4.74 Å². The molecule has 0 bridgehead atoms. The van der Waals surface area contributed by atoms with Gasteiger partial charge >= 0.3 is 0 Å². The van der Waals surface area contributed by atoms with E-state index in [0.717, 1.165) is 22.3 Å². The molecule has 1 spiro atoms. The Morgan fingerprint density at radius 1 is 1.00 bits per heavy atom. The molecule has 4 aromatic rings. The van der Waals surface area contributed by atoms with Crippen molar-refractivity contribution < 1.29 is 19.4 Å². The molecule has 8 nitrogen and oxygen atoms in total. The van der Waals surface area contributed by atoms with Gasteiger partial charge < -0.3 is 19.5 Å². The summed E-state index contributed by atoms with van der Waals surface area (Å²) in [5.74, 6) is -0.397.